The molecule has 0 saturated carbocycles. The molecule has 1 saturated heterocycles. The Morgan fingerprint density at radius 3 is 2.74 bits per heavy atom. The highest BCUT2D eigenvalue weighted by molar-refractivity contribution is 5.79. The normalized spacial score (nSPS) is 15.8. The molecule has 2 aromatic rings. The lowest BCUT2D eigenvalue weighted by Gasteiger charge is -2.30. The van der Waals surface area contributed by atoms with E-state index in [9.17, 15) is 9.59 Å². The fourth-order valence-corrected chi connectivity index (χ4v) is 3.09. The van der Waals surface area contributed by atoms with Gasteiger partial charge >= 0.3 is 5.97 Å². The van der Waals surface area contributed by atoms with Crippen LogP contribution in [0.15, 0.2) is 30.5 Å². The predicted octanol–water partition coefficient (Wildman–Crippen LogP) is 1.84. The van der Waals surface area contributed by atoms with Crippen LogP contribution in [0.4, 0.5) is 0 Å². The van der Waals surface area contributed by atoms with Gasteiger partial charge in [-0.2, -0.15) is 5.10 Å². The molecule has 122 valence electrons. The number of para-hydroxylation sites is 1. The van der Waals surface area contributed by atoms with Crippen molar-refractivity contribution in [1.82, 2.24) is 14.7 Å². The van der Waals surface area contributed by atoms with Crippen molar-refractivity contribution in [2.75, 3.05) is 20.2 Å². The fourth-order valence-electron chi connectivity index (χ4n) is 3.09. The second-order valence-electron chi connectivity index (χ2n) is 5.85. The van der Waals surface area contributed by atoms with Crippen molar-refractivity contribution >= 4 is 22.8 Å². The molecule has 23 heavy (non-hydrogen) atoms. The maximum absolute atomic E-state index is 12.3. The van der Waals surface area contributed by atoms with E-state index in [4.69, 9.17) is 4.74 Å². The average molecular weight is 315 g/mol. The number of carbonyl (C=O) groups excluding carboxylic acids is 2. The van der Waals surface area contributed by atoms with Crippen molar-refractivity contribution in [3.8, 4) is 0 Å². The zero-order chi connectivity index (χ0) is 16.2. The van der Waals surface area contributed by atoms with E-state index < -0.39 is 0 Å². The molecule has 1 aliphatic rings. The van der Waals surface area contributed by atoms with Gasteiger partial charge in [-0.05, 0) is 18.9 Å². The third kappa shape index (κ3) is 3.36. The summed E-state index contributed by atoms with van der Waals surface area (Å²) in [4.78, 5) is 25.7. The first-order valence-corrected chi connectivity index (χ1v) is 7.95. The molecule has 0 atom stereocenters. The summed E-state index contributed by atoms with van der Waals surface area (Å²) in [7, 11) is 1.41. The number of nitrogens with zero attached hydrogens (tertiary/aromatic N) is 3. The number of hydrogen-bond acceptors (Lipinski definition) is 4. The van der Waals surface area contributed by atoms with Gasteiger partial charge in [0.25, 0.3) is 0 Å². The maximum atomic E-state index is 12.3. The van der Waals surface area contributed by atoms with Gasteiger partial charge in [0.15, 0.2) is 0 Å². The molecular formula is C17H21N3O3. The number of piperidine rings is 1. The van der Waals surface area contributed by atoms with Gasteiger partial charge in [-0.25, -0.2) is 0 Å². The molecule has 0 unspecified atom stereocenters. The van der Waals surface area contributed by atoms with E-state index >= 15 is 0 Å². The Kier molecular flexibility index (Phi) is 4.60. The average Bonchev–Trinajstić information content (AvgIpc) is 3.02. The summed E-state index contributed by atoms with van der Waals surface area (Å²) in [5.41, 5.74) is 1.05. The number of benzene rings is 1. The number of carbonyl (C=O) groups is 2. The summed E-state index contributed by atoms with van der Waals surface area (Å²) >= 11 is 0. The summed E-state index contributed by atoms with van der Waals surface area (Å²) in [6, 6.07) is 7.97. The minimum absolute atomic E-state index is 0.0703. The Bertz CT molecular complexity index is 702. The van der Waals surface area contributed by atoms with E-state index in [0.717, 1.165) is 10.9 Å². The number of aryl methyl sites for hydroxylation is 1. The Morgan fingerprint density at radius 2 is 2.00 bits per heavy atom. The minimum Gasteiger partial charge on any atom is -0.469 e. The number of hydrogen-bond donors (Lipinski definition) is 0. The SMILES string of the molecule is COC(=O)C1CCN(C(=O)CCn2ncc3ccccc32)CC1. The van der Waals surface area contributed by atoms with Crippen molar-refractivity contribution in [1.29, 1.82) is 0 Å². The molecule has 1 aromatic carbocycles. The quantitative estimate of drug-likeness (QED) is 0.808. The van der Waals surface area contributed by atoms with Crippen LogP contribution >= 0.6 is 0 Å². The molecule has 1 amide bonds. The Hall–Kier alpha value is -2.37. The van der Waals surface area contributed by atoms with E-state index in [1.807, 2.05) is 40.0 Å². The molecule has 1 fully saturated rings. The van der Waals surface area contributed by atoms with E-state index in [1.54, 1.807) is 0 Å². The number of methoxy groups -OCH3 is 1. The number of fused-ring (bicyclic) bond motifs is 1. The van der Waals surface area contributed by atoms with E-state index in [1.165, 1.54) is 7.11 Å². The molecule has 1 aromatic heterocycles. The van der Waals surface area contributed by atoms with Crippen molar-refractivity contribution < 1.29 is 14.3 Å². The third-order valence-corrected chi connectivity index (χ3v) is 4.47. The number of likely N-dealkylation sites (tertiary alicyclic amines) is 1. The first kappa shape index (κ1) is 15.5. The van der Waals surface area contributed by atoms with Gasteiger partial charge in [0, 0.05) is 24.9 Å². The summed E-state index contributed by atoms with van der Waals surface area (Å²) < 4.78 is 6.64. The molecule has 2 heterocycles. The molecule has 3 rings (SSSR count). The monoisotopic (exact) mass is 315 g/mol. The van der Waals surface area contributed by atoms with Gasteiger partial charge in [-0.15, -0.1) is 0 Å². The van der Waals surface area contributed by atoms with Crippen LogP contribution in [0, 0.1) is 5.92 Å². The summed E-state index contributed by atoms with van der Waals surface area (Å²) in [6.45, 7) is 1.82. The van der Waals surface area contributed by atoms with Crippen LogP contribution in [0.5, 0.6) is 0 Å². The molecule has 0 aliphatic carbocycles. The van der Waals surface area contributed by atoms with E-state index in [2.05, 4.69) is 5.10 Å². The van der Waals surface area contributed by atoms with Crippen LogP contribution < -0.4 is 0 Å². The zero-order valence-corrected chi connectivity index (χ0v) is 13.3. The Labute approximate surface area is 135 Å². The molecule has 0 bridgehead atoms. The highest BCUT2D eigenvalue weighted by atomic mass is 16.5. The second kappa shape index (κ2) is 6.81. The summed E-state index contributed by atoms with van der Waals surface area (Å²) in [5, 5.41) is 5.43. The molecule has 6 nitrogen and oxygen atoms in total. The van der Waals surface area contributed by atoms with Crippen LogP contribution in [0.25, 0.3) is 10.9 Å². The second-order valence-corrected chi connectivity index (χ2v) is 5.85. The lowest BCUT2D eigenvalue weighted by molar-refractivity contribution is -0.148. The van der Waals surface area contributed by atoms with Crippen molar-refractivity contribution in [3.63, 3.8) is 0 Å². The fraction of sp³-hybridized carbons (Fsp3) is 0.471. The highest BCUT2D eigenvalue weighted by Gasteiger charge is 2.27. The number of rotatable bonds is 4. The lowest BCUT2D eigenvalue weighted by Crippen LogP contribution is -2.40. The van der Waals surface area contributed by atoms with Crippen molar-refractivity contribution in [2.45, 2.75) is 25.8 Å². The first-order chi connectivity index (χ1) is 11.2. The lowest BCUT2D eigenvalue weighted by atomic mass is 9.97. The van der Waals surface area contributed by atoms with Crippen LogP contribution in [-0.2, 0) is 20.9 Å². The van der Waals surface area contributed by atoms with Gasteiger partial charge in [0.1, 0.15) is 0 Å². The Morgan fingerprint density at radius 1 is 1.26 bits per heavy atom. The van der Waals surface area contributed by atoms with Crippen LogP contribution in [0.2, 0.25) is 0 Å². The number of esters is 1. The Balaban J connectivity index is 1.53. The molecular weight excluding hydrogens is 294 g/mol. The van der Waals surface area contributed by atoms with Gasteiger partial charge in [0.2, 0.25) is 5.91 Å². The maximum Gasteiger partial charge on any atom is 0.308 e. The standard InChI is InChI=1S/C17H21N3O3/c1-23-17(22)13-6-9-19(10-7-13)16(21)8-11-20-15-5-3-2-4-14(15)12-18-20/h2-5,12-13H,6-11H2,1H3. The molecule has 6 heteroatoms. The van der Waals surface area contributed by atoms with Crippen LogP contribution in [0.1, 0.15) is 19.3 Å². The zero-order valence-electron chi connectivity index (χ0n) is 13.3. The van der Waals surface area contributed by atoms with E-state index in [0.29, 0.717) is 38.9 Å². The van der Waals surface area contributed by atoms with Gasteiger partial charge in [-0.3, -0.25) is 14.3 Å². The van der Waals surface area contributed by atoms with Gasteiger partial charge < -0.3 is 9.64 Å². The summed E-state index contributed by atoms with van der Waals surface area (Å²) in [6.07, 6.45) is 3.61. The largest absolute Gasteiger partial charge is 0.469 e. The summed E-state index contributed by atoms with van der Waals surface area (Å²) in [5.74, 6) is -0.118. The van der Waals surface area contributed by atoms with Crippen LogP contribution in [0.3, 0.4) is 0 Å². The van der Waals surface area contributed by atoms with Crippen LogP contribution in [-0.4, -0.2) is 46.8 Å². The minimum atomic E-state index is -0.167. The topological polar surface area (TPSA) is 64.4 Å². The molecule has 0 radical (unpaired) electrons. The smallest absolute Gasteiger partial charge is 0.308 e. The number of amides is 1. The molecule has 0 spiro atoms. The number of ether oxygens (including phenoxy) is 1. The van der Waals surface area contributed by atoms with Gasteiger partial charge in [0.05, 0.1) is 31.3 Å². The third-order valence-electron chi connectivity index (χ3n) is 4.47. The highest BCUT2D eigenvalue weighted by Crippen LogP contribution is 2.19. The van der Waals surface area contributed by atoms with Crippen molar-refractivity contribution in [3.05, 3.63) is 30.5 Å². The molecule has 1 aliphatic heterocycles. The molecule has 0 N–H and O–H groups in total. The van der Waals surface area contributed by atoms with Crippen molar-refractivity contribution in [2.24, 2.45) is 5.92 Å². The van der Waals surface area contributed by atoms with E-state index in [-0.39, 0.29) is 17.8 Å². The first-order valence-electron chi connectivity index (χ1n) is 7.95. The number of aromatic nitrogens is 2. The van der Waals surface area contributed by atoms with Gasteiger partial charge in [-0.1, -0.05) is 18.2 Å². The predicted molar refractivity (Wildman–Crippen MR) is 85.7 cm³/mol.